The monoisotopic (exact) mass is 196 g/mol. The Hall–Kier alpha value is 0.736. The van der Waals surface area contributed by atoms with Crippen molar-refractivity contribution in [2.45, 2.75) is 0 Å². The Morgan fingerprint density at radius 3 is 0.375 bits per heavy atom. The van der Waals surface area contributed by atoms with E-state index in [0.29, 0.717) is 0 Å². The van der Waals surface area contributed by atoms with Gasteiger partial charge in [-0.05, 0) is 0 Å². The van der Waals surface area contributed by atoms with Gasteiger partial charge in [0.15, 0.2) is 0 Å². The molecule has 0 N–H and O–H groups in total. The molecule has 0 aliphatic carbocycles. The Bertz CT molecular complexity index is 8.49. The Labute approximate surface area is 65.5 Å². The molecule has 0 aromatic rings. The molecule has 0 saturated carbocycles. The third kappa shape index (κ3) is 409. The molecule has 0 aromatic carbocycles. The van der Waals surface area contributed by atoms with Crippen molar-refractivity contribution in [2.24, 2.45) is 0 Å². The van der Waals surface area contributed by atoms with Crippen LogP contribution < -0.4 is 47.1 Å². The molecule has 8 heteroatoms. The molecular formula is AsF6Li. The SMILES string of the molecule is [As+5].[F-].[F-].[F-].[F-].[F-].[F-].[Li+]. The third-order valence-corrected chi connectivity index (χ3v) is 0. The molecule has 0 bridgehead atoms. The van der Waals surface area contributed by atoms with Crippen LogP contribution >= 0.6 is 0 Å². The van der Waals surface area contributed by atoms with Gasteiger partial charge in [0.2, 0.25) is 0 Å². The molecule has 0 nitrogen and oxygen atoms in total. The normalized spacial score (nSPS) is 0. The largest absolute Gasteiger partial charge is 5.00 e. The van der Waals surface area contributed by atoms with Crippen LogP contribution in [0.3, 0.4) is 0 Å². The molecule has 0 aliphatic heterocycles. The summed E-state index contributed by atoms with van der Waals surface area (Å²) < 4.78 is 0. The molecular weight excluding hydrogens is 196 g/mol. The van der Waals surface area contributed by atoms with E-state index in [-0.39, 0.29) is 65.0 Å². The quantitative estimate of drug-likeness (QED) is 0.266. The van der Waals surface area contributed by atoms with Crippen molar-refractivity contribution >= 4 is 18.0 Å². The first-order valence-electron chi connectivity index (χ1n) is 0. The summed E-state index contributed by atoms with van der Waals surface area (Å²) in [7, 11) is 0. The van der Waals surface area contributed by atoms with Gasteiger partial charge >= 0.3 is 36.8 Å². The Morgan fingerprint density at radius 2 is 0.375 bits per heavy atom. The summed E-state index contributed by atoms with van der Waals surface area (Å²) in [5, 5.41) is 0. The van der Waals surface area contributed by atoms with Crippen LogP contribution in [0.15, 0.2) is 0 Å². The van der Waals surface area contributed by atoms with Gasteiger partial charge in [0.25, 0.3) is 0 Å². The summed E-state index contributed by atoms with van der Waals surface area (Å²) in [5.74, 6) is 0. The zero-order valence-corrected chi connectivity index (χ0v) is 5.59. The molecule has 0 fully saturated rings. The Morgan fingerprint density at radius 1 is 0.375 bits per heavy atom. The number of hydrogen-bond acceptors (Lipinski definition) is 0. The molecule has 0 atom stereocenters. The topological polar surface area (TPSA) is 0 Å². The molecule has 0 saturated heterocycles. The van der Waals surface area contributed by atoms with Crippen molar-refractivity contribution in [3.63, 3.8) is 0 Å². The van der Waals surface area contributed by atoms with Crippen molar-refractivity contribution in [1.29, 1.82) is 0 Å². The van der Waals surface area contributed by atoms with E-state index in [0.717, 1.165) is 0 Å². The van der Waals surface area contributed by atoms with Gasteiger partial charge in [-0.15, -0.1) is 0 Å². The number of hydrogen-bond donors (Lipinski definition) is 0. The van der Waals surface area contributed by atoms with Crippen molar-refractivity contribution in [3.05, 3.63) is 0 Å². The summed E-state index contributed by atoms with van der Waals surface area (Å²) in [6, 6.07) is 0. The molecule has 8 heavy (non-hydrogen) atoms. The van der Waals surface area contributed by atoms with Crippen LogP contribution in [0.1, 0.15) is 0 Å². The zero-order chi connectivity index (χ0) is 0. The average molecular weight is 196 g/mol. The van der Waals surface area contributed by atoms with Gasteiger partial charge in [-0.3, -0.25) is 0 Å². The second kappa shape index (κ2) is 648. The van der Waals surface area contributed by atoms with E-state index >= 15 is 0 Å². The molecule has 0 amide bonds. The van der Waals surface area contributed by atoms with E-state index in [1.807, 2.05) is 0 Å². The Kier molecular flexibility index (Phi) is 78200. The third-order valence-electron chi connectivity index (χ3n) is 0. The van der Waals surface area contributed by atoms with Crippen molar-refractivity contribution < 1.29 is 47.1 Å². The predicted octanol–water partition coefficient (Wildman–Crippen LogP) is -21.4. The molecule has 0 aromatic heterocycles. The van der Waals surface area contributed by atoms with Crippen LogP contribution in [0.2, 0.25) is 0 Å². The van der Waals surface area contributed by atoms with Gasteiger partial charge in [0.05, 0.1) is 0 Å². The maximum absolute atomic E-state index is 0. The molecule has 0 rings (SSSR count). The van der Waals surface area contributed by atoms with Gasteiger partial charge in [0, 0.05) is 0 Å². The maximum atomic E-state index is 0. The van der Waals surface area contributed by atoms with E-state index in [1.165, 1.54) is 0 Å². The van der Waals surface area contributed by atoms with E-state index in [9.17, 15) is 0 Å². The van der Waals surface area contributed by atoms with Crippen molar-refractivity contribution in [1.82, 2.24) is 0 Å². The zero-order valence-electron chi connectivity index (χ0n) is 3.72. The first kappa shape index (κ1) is 965. The van der Waals surface area contributed by atoms with Gasteiger partial charge in [0.1, 0.15) is 0 Å². The number of rotatable bonds is 0. The van der Waals surface area contributed by atoms with E-state index in [4.69, 9.17) is 0 Å². The molecule has 48 valence electrons. The standard InChI is InChI=1S/As.6FH.Li/h;6*1H;/q+5;;;;;;;+1/p-6. The van der Waals surface area contributed by atoms with Crippen LogP contribution in [-0.2, 0) is 0 Å². The summed E-state index contributed by atoms with van der Waals surface area (Å²) in [6.07, 6.45) is 0. The number of halogens is 6. The van der Waals surface area contributed by atoms with Gasteiger partial charge in [-0.2, -0.15) is 0 Å². The Balaban J connectivity index is 0. The van der Waals surface area contributed by atoms with Gasteiger partial charge in [-0.25, -0.2) is 0 Å². The summed E-state index contributed by atoms with van der Waals surface area (Å²) in [6.45, 7) is 0. The van der Waals surface area contributed by atoms with Crippen LogP contribution in [0.4, 0.5) is 0 Å². The fourth-order valence-electron chi connectivity index (χ4n) is 0. The van der Waals surface area contributed by atoms with E-state index < -0.39 is 0 Å². The first-order valence-corrected chi connectivity index (χ1v) is 0. The second-order valence-electron chi connectivity index (χ2n) is 0. The minimum Gasteiger partial charge on any atom is -1.00 e. The van der Waals surface area contributed by atoms with Gasteiger partial charge < -0.3 is 28.2 Å². The average Bonchev–Trinajstić information content (AvgIpc) is 0. The minimum absolute atomic E-state index is 0. The molecule has 0 aliphatic rings. The minimum atomic E-state index is 0. The summed E-state index contributed by atoms with van der Waals surface area (Å²) in [5.41, 5.74) is 0. The molecule has 0 unspecified atom stereocenters. The van der Waals surface area contributed by atoms with Crippen LogP contribution in [0.25, 0.3) is 0 Å². The first-order chi connectivity index (χ1) is 0. The van der Waals surface area contributed by atoms with Crippen LogP contribution in [-0.4, -0.2) is 18.0 Å². The predicted molar refractivity (Wildman–Crippen MR) is 5.75 cm³/mol. The van der Waals surface area contributed by atoms with Crippen molar-refractivity contribution in [2.75, 3.05) is 0 Å². The van der Waals surface area contributed by atoms with Gasteiger partial charge in [-0.1, -0.05) is 0 Å². The molecule has 0 heterocycles. The molecule has 0 spiro atoms. The maximum Gasteiger partial charge on any atom is 5.00 e. The summed E-state index contributed by atoms with van der Waals surface area (Å²) >= 11 is 0. The second-order valence-corrected chi connectivity index (χ2v) is 0. The van der Waals surface area contributed by atoms with Crippen molar-refractivity contribution in [3.8, 4) is 0 Å². The molecule has 0 radical (unpaired) electrons. The van der Waals surface area contributed by atoms with Crippen LogP contribution in [0, 0.1) is 0 Å². The van der Waals surface area contributed by atoms with E-state index in [1.54, 1.807) is 0 Å². The van der Waals surface area contributed by atoms with E-state index in [2.05, 4.69) is 0 Å². The van der Waals surface area contributed by atoms with Crippen LogP contribution in [0.5, 0.6) is 0 Å². The summed E-state index contributed by atoms with van der Waals surface area (Å²) in [4.78, 5) is 0. The fraction of sp³-hybridized carbons (Fsp3) is 0. The fourth-order valence-corrected chi connectivity index (χ4v) is 0. The smallest absolute Gasteiger partial charge is 1.00 e.